The molecule has 0 spiro atoms. The third-order valence-corrected chi connectivity index (χ3v) is 4.37. The van der Waals surface area contributed by atoms with E-state index in [1.165, 1.54) is 0 Å². The molecular weight excluding hydrogens is 342 g/mol. The number of ether oxygens (including phenoxy) is 1. The van der Waals surface area contributed by atoms with Crippen molar-refractivity contribution in [1.82, 2.24) is 15.6 Å². The number of rotatable bonds is 8. The minimum Gasteiger partial charge on any atom is -0.497 e. The summed E-state index contributed by atoms with van der Waals surface area (Å²) in [5, 5.41) is 6.50. The third-order valence-electron chi connectivity index (χ3n) is 4.37. The Morgan fingerprint density at radius 2 is 1.78 bits per heavy atom. The molecule has 140 valence electrons. The van der Waals surface area contributed by atoms with Crippen LogP contribution in [0.3, 0.4) is 0 Å². The van der Waals surface area contributed by atoms with Crippen LogP contribution in [-0.2, 0) is 22.4 Å². The van der Waals surface area contributed by atoms with Gasteiger partial charge in [-0.3, -0.25) is 9.59 Å². The van der Waals surface area contributed by atoms with Crippen LogP contribution >= 0.6 is 0 Å². The predicted octanol–water partition coefficient (Wildman–Crippen LogP) is 2.19. The topological polar surface area (TPSA) is 83.2 Å². The van der Waals surface area contributed by atoms with Crippen LogP contribution in [0.4, 0.5) is 0 Å². The molecule has 0 radical (unpaired) electrons. The molecule has 0 bridgehead atoms. The van der Waals surface area contributed by atoms with Crippen LogP contribution in [0, 0.1) is 0 Å². The SMILES string of the molecule is COc1ccc(CCNC(=O)CNC(=O)Cc2c[nH]c3ccccc23)cc1. The number of carbonyl (C=O) groups excluding carboxylic acids is 2. The van der Waals surface area contributed by atoms with Crippen molar-refractivity contribution >= 4 is 22.7 Å². The second-order valence-electron chi connectivity index (χ2n) is 6.26. The van der Waals surface area contributed by atoms with E-state index >= 15 is 0 Å². The molecule has 27 heavy (non-hydrogen) atoms. The Labute approximate surface area is 157 Å². The number of hydrogen-bond donors (Lipinski definition) is 3. The van der Waals surface area contributed by atoms with Gasteiger partial charge in [-0.15, -0.1) is 0 Å². The standard InChI is InChI=1S/C21H23N3O3/c1-27-17-8-6-15(7-9-17)10-11-22-21(26)14-24-20(25)12-16-13-23-19-5-3-2-4-18(16)19/h2-9,13,23H,10-12,14H2,1H3,(H,22,26)(H,24,25). The van der Waals surface area contributed by atoms with E-state index in [0.717, 1.165) is 34.2 Å². The molecule has 0 aliphatic rings. The minimum absolute atomic E-state index is 0.0240. The molecule has 0 unspecified atom stereocenters. The number of nitrogens with one attached hydrogen (secondary N) is 3. The van der Waals surface area contributed by atoms with Crippen molar-refractivity contribution in [2.45, 2.75) is 12.8 Å². The Balaban J connectivity index is 1.38. The van der Waals surface area contributed by atoms with Gasteiger partial charge < -0.3 is 20.4 Å². The van der Waals surface area contributed by atoms with Crippen molar-refractivity contribution in [2.24, 2.45) is 0 Å². The smallest absolute Gasteiger partial charge is 0.239 e. The quantitative estimate of drug-likeness (QED) is 0.572. The van der Waals surface area contributed by atoms with E-state index in [0.29, 0.717) is 6.54 Å². The Kier molecular flexibility index (Phi) is 6.10. The van der Waals surface area contributed by atoms with E-state index in [1.807, 2.05) is 54.7 Å². The van der Waals surface area contributed by atoms with Gasteiger partial charge >= 0.3 is 0 Å². The largest absolute Gasteiger partial charge is 0.497 e. The molecule has 6 heteroatoms. The maximum absolute atomic E-state index is 12.1. The van der Waals surface area contributed by atoms with E-state index < -0.39 is 0 Å². The fraction of sp³-hybridized carbons (Fsp3) is 0.238. The molecule has 3 N–H and O–H groups in total. The number of carbonyl (C=O) groups is 2. The van der Waals surface area contributed by atoms with E-state index in [9.17, 15) is 9.59 Å². The molecule has 0 saturated heterocycles. The Hall–Kier alpha value is -3.28. The molecule has 0 atom stereocenters. The number of benzene rings is 2. The van der Waals surface area contributed by atoms with Crippen LogP contribution in [0.15, 0.2) is 54.7 Å². The monoisotopic (exact) mass is 365 g/mol. The summed E-state index contributed by atoms with van der Waals surface area (Å²) in [7, 11) is 1.63. The fourth-order valence-corrected chi connectivity index (χ4v) is 2.89. The molecule has 0 aliphatic carbocycles. The number of amides is 2. The van der Waals surface area contributed by atoms with Crippen LogP contribution in [0.25, 0.3) is 10.9 Å². The van der Waals surface area contributed by atoms with Gasteiger partial charge in [0.2, 0.25) is 11.8 Å². The Morgan fingerprint density at radius 3 is 2.56 bits per heavy atom. The van der Waals surface area contributed by atoms with E-state index in [1.54, 1.807) is 7.11 Å². The maximum atomic E-state index is 12.1. The van der Waals surface area contributed by atoms with Crippen molar-refractivity contribution in [3.63, 3.8) is 0 Å². The lowest BCUT2D eigenvalue weighted by atomic mass is 10.1. The van der Waals surface area contributed by atoms with E-state index in [4.69, 9.17) is 4.74 Å². The lowest BCUT2D eigenvalue weighted by Crippen LogP contribution is -2.38. The van der Waals surface area contributed by atoms with Crippen molar-refractivity contribution in [3.8, 4) is 5.75 Å². The predicted molar refractivity (Wildman–Crippen MR) is 105 cm³/mol. The molecule has 3 rings (SSSR count). The first kappa shape index (κ1) is 18.5. The first-order chi connectivity index (χ1) is 13.2. The van der Waals surface area contributed by atoms with E-state index in [-0.39, 0.29) is 24.8 Å². The molecule has 1 aromatic heterocycles. The van der Waals surface area contributed by atoms with Gasteiger partial charge in [0, 0.05) is 23.6 Å². The molecule has 6 nitrogen and oxygen atoms in total. The van der Waals surface area contributed by atoms with Gasteiger partial charge in [-0.2, -0.15) is 0 Å². The van der Waals surface area contributed by atoms with Gasteiger partial charge in [0.15, 0.2) is 0 Å². The van der Waals surface area contributed by atoms with Crippen LogP contribution < -0.4 is 15.4 Å². The third kappa shape index (κ3) is 5.10. The van der Waals surface area contributed by atoms with Crippen molar-refractivity contribution in [2.75, 3.05) is 20.2 Å². The number of methoxy groups -OCH3 is 1. The van der Waals surface area contributed by atoms with Gasteiger partial charge in [0.25, 0.3) is 0 Å². The zero-order valence-electron chi connectivity index (χ0n) is 15.2. The van der Waals surface area contributed by atoms with Crippen LogP contribution in [0.5, 0.6) is 5.75 Å². The summed E-state index contributed by atoms with van der Waals surface area (Å²) in [4.78, 5) is 27.1. The maximum Gasteiger partial charge on any atom is 0.239 e. The minimum atomic E-state index is -0.198. The molecule has 2 aromatic carbocycles. The fourth-order valence-electron chi connectivity index (χ4n) is 2.89. The second kappa shape index (κ2) is 8.89. The van der Waals surface area contributed by atoms with Crippen LogP contribution in [0.2, 0.25) is 0 Å². The number of aromatic amines is 1. The van der Waals surface area contributed by atoms with Crippen LogP contribution in [0.1, 0.15) is 11.1 Å². The van der Waals surface area contributed by atoms with Crippen molar-refractivity contribution in [3.05, 3.63) is 65.9 Å². The summed E-state index contributed by atoms with van der Waals surface area (Å²) >= 11 is 0. The number of fused-ring (bicyclic) bond motifs is 1. The molecule has 2 amide bonds. The number of aromatic nitrogens is 1. The average Bonchev–Trinajstić information content (AvgIpc) is 3.10. The summed E-state index contributed by atoms with van der Waals surface area (Å²) in [6.45, 7) is 0.493. The van der Waals surface area contributed by atoms with Gasteiger partial charge in [0.1, 0.15) is 5.75 Å². The molecule has 3 aromatic rings. The molecule has 0 fully saturated rings. The van der Waals surface area contributed by atoms with Gasteiger partial charge in [0.05, 0.1) is 20.1 Å². The molecule has 1 heterocycles. The zero-order chi connectivity index (χ0) is 19.1. The first-order valence-corrected chi connectivity index (χ1v) is 8.87. The lowest BCUT2D eigenvalue weighted by molar-refractivity contribution is -0.125. The average molecular weight is 365 g/mol. The Bertz CT molecular complexity index is 916. The van der Waals surface area contributed by atoms with Gasteiger partial charge in [-0.1, -0.05) is 30.3 Å². The van der Waals surface area contributed by atoms with Crippen molar-refractivity contribution in [1.29, 1.82) is 0 Å². The highest BCUT2D eigenvalue weighted by atomic mass is 16.5. The van der Waals surface area contributed by atoms with Crippen LogP contribution in [-0.4, -0.2) is 37.0 Å². The van der Waals surface area contributed by atoms with Gasteiger partial charge in [-0.05, 0) is 35.7 Å². The van der Waals surface area contributed by atoms with E-state index in [2.05, 4.69) is 15.6 Å². The summed E-state index contributed by atoms with van der Waals surface area (Å²) in [6.07, 6.45) is 2.79. The highest BCUT2D eigenvalue weighted by molar-refractivity contribution is 5.90. The zero-order valence-corrected chi connectivity index (χ0v) is 15.2. The Morgan fingerprint density at radius 1 is 1.00 bits per heavy atom. The molecule has 0 saturated carbocycles. The summed E-state index contributed by atoms with van der Waals surface area (Å²) < 4.78 is 5.12. The number of hydrogen-bond acceptors (Lipinski definition) is 3. The first-order valence-electron chi connectivity index (χ1n) is 8.87. The number of H-pyrrole nitrogens is 1. The second-order valence-corrected chi connectivity index (χ2v) is 6.26. The normalized spacial score (nSPS) is 10.6. The summed E-state index contributed by atoms with van der Waals surface area (Å²) in [5.41, 5.74) is 3.03. The summed E-state index contributed by atoms with van der Waals surface area (Å²) in [5.74, 6) is 0.432. The highest BCUT2D eigenvalue weighted by Crippen LogP contribution is 2.17. The molecule has 0 aliphatic heterocycles. The molecular formula is C21H23N3O3. The van der Waals surface area contributed by atoms with Gasteiger partial charge in [-0.25, -0.2) is 0 Å². The van der Waals surface area contributed by atoms with Crippen molar-refractivity contribution < 1.29 is 14.3 Å². The number of para-hydroxylation sites is 1. The highest BCUT2D eigenvalue weighted by Gasteiger charge is 2.10. The lowest BCUT2D eigenvalue weighted by Gasteiger charge is -2.07. The summed E-state index contributed by atoms with van der Waals surface area (Å²) in [6, 6.07) is 15.5.